The summed E-state index contributed by atoms with van der Waals surface area (Å²) in [4.78, 5) is 32.3. The Labute approximate surface area is 219 Å². The van der Waals surface area contributed by atoms with Crippen molar-refractivity contribution in [2.24, 2.45) is 0 Å². The molecule has 4 aromatic rings. The number of benzene rings is 1. The predicted molar refractivity (Wildman–Crippen MR) is 143 cm³/mol. The molecule has 2 atom stereocenters. The van der Waals surface area contributed by atoms with Crippen molar-refractivity contribution in [2.75, 3.05) is 66.5 Å². The molecule has 0 radical (unpaired) electrons. The molecule has 10 nitrogen and oxygen atoms in total. The van der Waals surface area contributed by atoms with Crippen LogP contribution in [0.2, 0.25) is 0 Å². The number of carbonyl (C=O) groups is 1. The maximum atomic E-state index is 12.3. The van der Waals surface area contributed by atoms with Crippen LogP contribution in [0.25, 0.3) is 21.1 Å². The highest BCUT2D eigenvalue weighted by Crippen LogP contribution is 2.38. The van der Waals surface area contributed by atoms with E-state index in [2.05, 4.69) is 53.1 Å². The molecule has 2 unspecified atom stereocenters. The highest BCUT2D eigenvalue weighted by Gasteiger charge is 2.35. The summed E-state index contributed by atoms with van der Waals surface area (Å²) in [5, 5.41) is 9.52. The molecular formula is C26H32N8O2S. The topological polar surface area (TPSA) is 93.7 Å². The predicted octanol–water partition coefficient (Wildman–Crippen LogP) is 2.35. The zero-order valence-electron chi connectivity index (χ0n) is 21.2. The summed E-state index contributed by atoms with van der Waals surface area (Å²) in [6.45, 7) is 6.28. The molecule has 0 bridgehead atoms. The van der Waals surface area contributed by atoms with Crippen LogP contribution in [0.1, 0.15) is 22.7 Å². The second-order valence-electron chi connectivity index (χ2n) is 9.94. The lowest BCUT2D eigenvalue weighted by molar-refractivity contribution is -0.131. The molecule has 1 amide bonds. The first kappa shape index (κ1) is 24.4. The number of carbonyl (C=O) groups excluding carboxylic acids is 1. The van der Waals surface area contributed by atoms with Crippen molar-refractivity contribution in [3.8, 4) is 0 Å². The summed E-state index contributed by atoms with van der Waals surface area (Å²) < 4.78 is 6.32. The van der Waals surface area contributed by atoms with Crippen LogP contribution < -0.4 is 0 Å². The molecule has 2 aliphatic heterocycles. The van der Waals surface area contributed by atoms with Crippen molar-refractivity contribution in [1.82, 2.24) is 39.8 Å². The van der Waals surface area contributed by atoms with E-state index in [1.54, 1.807) is 22.6 Å². The van der Waals surface area contributed by atoms with Gasteiger partial charge in [-0.25, -0.2) is 9.97 Å². The van der Waals surface area contributed by atoms with Crippen LogP contribution in [0, 0.1) is 0 Å². The SMILES string of the molecule is CN(C)C(=O)CN1CCN(C(c2cc3cncnc3s2)N2CCOC(c3cccc4[nH]ncc34)C2)CC1. The van der Waals surface area contributed by atoms with E-state index >= 15 is 0 Å². The standard InChI is InChI=1S/C26H32N8O2S/c1-31(2)24(35)16-32-6-8-33(9-7-32)26(23-12-18-13-27-17-28-25(18)37-23)34-10-11-36-22(15-34)19-4-3-5-21-20(19)14-29-30-21/h3-5,12-14,17,22,26H,6-11,15-16H2,1-2H3,(H,29,30). The third-order valence-corrected chi connectivity index (χ3v) is 8.49. The van der Waals surface area contributed by atoms with Crippen molar-refractivity contribution in [3.05, 3.63) is 53.4 Å². The van der Waals surface area contributed by atoms with E-state index < -0.39 is 0 Å². The van der Waals surface area contributed by atoms with Gasteiger partial charge in [-0.3, -0.25) is 24.6 Å². The van der Waals surface area contributed by atoms with Crippen LogP contribution in [0.15, 0.2) is 43.0 Å². The number of thiophene rings is 1. The maximum absolute atomic E-state index is 12.3. The smallest absolute Gasteiger partial charge is 0.236 e. The van der Waals surface area contributed by atoms with Crippen LogP contribution >= 0.6 is 11.3 Å². The molecule has 11 heteroatoms. The summed E-state index contributed by atoms with van der Waals surface area (Å²) in [6, 6.07) is 8.51. The van der Waals surface area contributed by atoms with E-state index in [1.807, 2.05) is 32.6 Å². The van der Waals surface area contributed by atoms with Crippen molar-refractivity contribution < 1.29 is 9.53 Å². The number of hydrogen-bond acceptors (Lipinski definition) is 9. The molecule has 2 aliphatic rings. The Balaban J connectivity index is 1.27. The van der Waals surface area contributed by atoms with E-state index in [1.165, 1.54) is 10.4 Å². The summed E-state index contributed by atoms with van der Waals surface area (Å²) in [7, 11) is 3.63. The first-order valence-electron chi connectivity index (χ1n) is 12.7. The molecule has 2 saturated heterocycles. The van der Waals surface area contributed by atoms with Crippen molar-refractivity contribution in [3.63, 3.8) is 0 Å². The molecule has 194 valence electrons. The van der Waals surface area contributed by atoms with Gasteiger partial charge in [0.05, 0.1) is 37.1 Å². The normalized spacial score (nSPS) is 21.0. The fourth-order valence-electron chi connectivity index (χ4n) is 5.38. The highest BCUT2D eigenvalue weighted by molar-refractivity contribution is 7.18. The number of rotatable bonds is 6. The number of ether oxygens (including phenoxy) is 1. The van der Waals surface area contributed by atoms with Gasteiger partial charge in [0.1, 0.15) is 11.2 Å². The van der Waals surface area contributed by atoms with Gasteiger partial charge in [0.2, 0.25) is 5.91 Å². The first-order valence-corrected chi connectivity index (χ1v) is 13.5. The third kappa shape index (κ3) is 4.97. The van der Waals surface area contributed by atoms with Gasteiger partial charge in [-0.2, -0.15) is 5.10 Å². The Hall–Kier alpha value is -2.96. The van der Waals surface area contributed by atoms with Gasteiger partial charge >= 0.3 is 0 Å². The molecule has 1 aromatic carbocycles. The minimum atomic E-state index is -0.0364. The van der Waals surface area contributed by atoms with E-state index in [0.29, 0.717) is 13.2 Å². The number of hydrogen-bond donors (Lipinski definition) is 1. The Bertz CT molecular complexity index is 1350. The van der Waals surface area contributed by atoms with Gasteiger partial charge in [0.25, 0.3) is 0 Å². The minimum absolute atomic E-state index is 0.0364. The number of nitrogens with one attached hydrogen (secondary N) is 1. The van der Waals surface area contributed by atoms with E-state index in [-0.39, 0.29) is 18.2 Å². The van der Waals surface area contributed by atoms with Gasteiger partial charge in [-0.05, 0) is 17.7 Å². The number of piperazine rings is 1. The fourth-order valence-corrected chi connectivity index (χ4v) is 6.52. The Kier molecular flexibility index (Phi) is 6.87. The molecular weight excluding hydrogens is 488 g/mol. The minimum Gasteiger partial charge on any atom is -0.371 e. The second kappa shape index (κ2) is 10.4. The lowest BCUT2D eigenvalue weighted by Gasteiger charge is -2.46. The average molecular weight is 521 g/mol. The highest BCUT2D eigenvalue weighted by atomic mass is 32.1. The molecule has 6 rings (SSSR count). The molecule has 0 aliphatic carbocycles. The quantitative estimate of drug-likeness (QED) is 0.414. The molecule has 0 spiro atoms. The monoisotopic (exact) mass is 520 g/mol. The third-order valence-electron chi connectivity index (χ3n) is 7.39. The van der Waals surface area contributed by atoms with Crippen LogP contribution in [0.3, 0.4) is 0 Å². The number of likely N-dealkylation sites (N-methyl/N-ethyl adjacent to an activating group) is 1. The first-order chi connectivity index (χ1) is 18.1. The summed E-state index contributed by atoms with van der Waals surface area (Å²) in [5.74, 6) is 0.150. The molecule has 1 N–H and O–H groups in total. The molecule has 5 heterocycles. The van der Waals surface area contributed by atoms with Crippen molar-refractivity contribution in [1.29, 1.82) is 0 Å². The summed E-state index contributed by atoms with van der Waals surface area (Å²) >= 11 is 1.74. The number of H-pyrrole nitrogens is 1. The largest absolute Gasteiger partial charge is 0.371 e. The number of morpholine rings is 1. The molecule has 3 aromatic heterocycles. The molecule has 2 fully saturated rings. The Morgan fingerprint density at radius 2 is 2.05 bits per heavy atom. The number of amides is 1. The van der Waals surface area contributed by atoms with Gasteiger partial charge in [-0.1, -0.05) is 12.1 Å². The number of fused-ring (bicyclic) bond motifs is 2. The fraction of sp³-hybridized carbons (Fsp3) is 0.462. The Morgan fingerprint density at radius 1 is 1.19 bits per heavy atom. The van der Waals surface area contributed by atoms with E-state index in [4.69, 9.17) is 4.74 Å². The van der Waals surface area contributed by atoms with Gasteiger partial charge in [0.15, 0.2) is 0 Å². The maximum Gasteiger partial charge on any atom is 0.236 e. The van der Waals surface area contributed by atoms with E-state index in [9.17, 15) is 4.79 Å². The van der Waals surface area contributed by atoms with Gasteiger partial charge in [-0.15, -0.1) is 11.3 Å². The van der Waals surface area contributed by atoms with Crippen LogP contribution in [0.5, 0.6) is 0 Å². The lowest BCUT2D eigenvalue weighted by atomic mass is 10.0. The number of aromatic nitrogens is 4. The zero-order chi connectivity index (χ0) is 25.4. The average Bonchev–Trinajstić information content (AvgIpc) is 3.57. The van der Waals surface area contributed by atoms with Crippen LogP contribution in [0.4, 0.5) is 0 Å². The second-order valence-corrected chi connectivity index (χ2v) is 11.0. The zero-order valence-corrected chi connectivity index (χ0v) is 22.0. The Morgan fingerprint density at radius 3 is 2.86 bits per heavy atom. The van der Waals surface area contributed by atoms with Crippen LogP contribution in [-0.2, 0) is 9.53 Å². The molecule has 0 saturated carbocycles. The number of nitrogens with zero attached hydrogens (tertiary/aromatic N) is 7. The van der Waals surface area contributed by atoms with Crippen LogP contribution in [-0.4, -0.2) is 112 Å². The van der Waals surface area contributed by atoms with Crippen molar-refractivity contribution >= 4 is 38.4 Å². The summed E-state index contributed by atoms with van der Waals surface area (Å²) in [6.07, 6.45) is 5.48. The van der Waals surface area contributed by atoms with Gasteiger partial charge < -0.3 is 9.64 Å². The van der Waals surface area contributed by atoms with Crippen molar-refractivity contribution in [2.45, 2.75) is 12.3 Å². The van der Waals surface area contributed by atoms with E-state index in [0.717, 1.165) is 60.4 Å². The summed E-state index contributed by atoms with van der Waals surface area (Å²) in [5.41, 5.74) is 2.20. The van der Waals surface area contributed by atoms with Gasteiger partial charge in [0, 0.05) is 75.2 Å². The lowest BCUT2D eigenvalue weighted by Crippen LogP contribution is -2.54. The number of aromatic amines is 1. The molecule has 37 heavy (non-hydrogen) atoms.